The maximum Gasteiger partial charge on any atom is 0.0547 e. The Balaban J connectivity index is 0.000000493. The quantitative estimate of drug-likeness (QED) is 0.451. The molecule has 0 bridgehead atoms. The van der Waals surface area contributed by atoms with E-state index >= 15 is 0 Å². The minimum Gasteiger partial charge on any atom is -0.385 e. The third-order valence-corrected chi connectivity index (χ3v) is 3.86. The van der Waals surface area contributed by atoms with Crippen molar-refractivity contribution in [2.45, 2.75) is 97.0 Å². The van der Waals surface area contributed by atoms with Crippen molar-refractivity contribution in [2.24, 2.45) is 0 Å². The minimum atomic E-state index is 0.546. The van der Waals surface area contributed by atoms with Crippen molar-refractivity contribution < 1.29 is 9.47 Å². The third-order valence-electron chi connectivity index (χ3n) is 3.86. The highest BCUT2D eigenvalue weighted by Crippen LogP contribution is 2.10. The second-order valence-electron chi connectivity index (χ2n) is 6.00. The largest absolute Gasteiger partial charge is 0.385 e. The normalized spacial score (nSPS) is 17.9. The molecule has 0 saturated carbocycles. The molecule has 0 aromatic heterocycles. The van der Waals surface area contributed by atoms with Crippen LogP contribution in [-0.2, 0) is 9.47 Å². The van der Waals surface area contributed by atoms with Gasteiger partial charge in [-0.3, -0.25) is 0 Å². The smallest absolute Gasteiger partial charge is 0.0547 e. The van der Waals surface area contributed by atoms with Crippen molar-refractivity contribution in [2.75, 3.05) is 20.3 Å². The van der Waals surface area contributed by atoms with Crippen molar-refractivity contribution in [3.05, 3.63) is 0 Å². The molecule has 0 amide bonds. The zero-order chi connectivity index (χ0) is 14.9. The summed E-state index contributed by atoms with van der Waals surface area (Å²) >= 11 is 0. The van der Waals surface area contributed by atoms with E-state index in [4.69, 9.17) is 9.47 Å². The average Bonchev–Trinajstić information content (AvgIpc) is 2.93. The van der Waals surface area contributed by atoms with Gasteiger partial charge in [0.15, 0.2) is 0 Å². The Morgan fingerprint density at radius 2 is 1.45 bits per heavy atom. The Hall–Kier alpha value is -0.0800. The second-order valence-corrected chi connectivity index (χ2v) is 6.00. The number of hydrogen-bond acceptors (Lipinski definition) is 2. The molecule has 0 radical (unpaired) electrons. The molecule has 0 aliphatic carbocycles. The van der Waals surface area contributed by atoms with E-state index in [1.54, 1.807) is 7.11 Å². The lowest BCUT2D eigenvalue weighted by Crippen LogP contribution is -1.94. The molecule has 2 heteroatoms. The van der Waals surface area contributed by atoms with Crippen LogP contribution in [0.5, 0.6) is 0 Å². The minimum absolute atomic E-state index is 0.546. The van der Waals surface area contributed by atoms with Gasteiger partial charge in [0.2, 0.25) is 0 Å². The summed E-state index contributed by atoms with van der Waals surface area (Å²) in [5.74, 6) is 0. The molecular weight excluding hydrogens is 248 g/mol. The standard InChI is InChI=1S/C13H28O.C5H10O/c1-3-4-5-6-7-8-9-10-11-12-13-14-2;1-5-3-2-4-6-5/h3-13H2,1-2H3;5H,2-4H2,1H3. The fraction of sp³-hybridized carbons (Fsp3) is 1.00. The van der Waals surface area contributed by atoms with Gasteiger partial charge in [-0.15, -0.1) is 0 Å². The Morgan fingerprint density at radius 1 is 0.900 bits per heavy atom. The monoisotopic (exact) mass is 286 g/mol. The lowest BCUT2D eigenvalue weighted by Gasteiger charge is -2.01. The van der Waals surface area contributed by atoms with Gasteiger partial charge in [0.05, 0.1) is 6.10 Å². The highest BCUT2D eigenvalue weighted by Gasteiger charge is 2.07. The molecule has 0 spiro atoms. The molecule has 0 N–H and O–H groups in total. The fourth-order valence-electron chi connectivity index (χ4n) is 2.47. The van der Waals surface area contributed by atoms with Crippen molar-refractivity contribution in [3.8, 4) is 0 Å². The van der Waals surface area contributed by atoms with Crippen LogP contribution in [0.4, 0.5) is 0 Å². The number of unbranched alkanes of at least 4 members (excludes halogenated alkanes) is 9. The molecule has 1 unspecified atom stereocenters. The van der Waals surface area contributed by atoms with E-state index in [-0.39, 0.29) is 0 Å². The van der Waals surface area contributed by atoms with E-state index in [1.807, 2.05) is 0 Å². The predicted octanol–water partition coefficient (Wildman–Crippen LogP) is 5.74. The maximum absolute atomic E-state index is 5.15. The summed E-state index contributed by atoms with van der Waals surface area (Å²) in [6.45, 7) is 6.32. The van der Waals surface area contributed by atoms with Gasteiger partial charge in [-0.1, -0.05) is 64.7 Å². The lowest BCUT2D eigenvalue weighted by atomic mass is 10.1. The molecule has 1 fully saturated rings. The highest BCUT2D eigenvalue weighted by atomic mass is 16.5. The molecule has 122 valence electrons. The molecule has 1 atom stereocenters. The first-order valence-electron chi connectivity index (χ1n) is 8.91. The summed E-state index contributed by atoms with van der Waals surface area (Å²) in [5, 5.41) is 0. The number of hydrogen-bond donors (Lipinski definition) is 0. The SMILES string of the molecule is CC1CCCO1.CCCCCCCCCCCCOC. The van der Waals surface area contributed by atoms with Gasteiger partial charge >= 0.3 is 0 Å². The van der Waals surface area contributed by atoms with E-state index in [9.17, 15) is 0 Å². The summed E-state index contributed by atoms with van der Waals surface area (Å²) in [7, 11) is 1.79. The van der Waals surface area contributed by atoms with E-state index in [0.717, 1.165) is 13.2 Å². The van der Waals surface area contributed by atoms with Gasteiger partial charge in [0, 0.05) is 20.3 Å². The van der Waals surface area contributed by atoms with Crippen LogP contribution in [-0.4, -0.2) is 26.4 Å². The maximum atomic E-state index is 5.15. The second kappa shape index (κ2) is 17.0. The third kappa shape index (κ3) is 16.0. The first-order chi connectivity index (χ1) is 9.81. The number of rotatable bonds is 11. The Bertz CT molecular complexity index is 153. The molecule has 2 nitrogen and oxygen atoms in total. The summed E-state index contributed by atoms with van der Waals surface area (Å²) in [6, 6.07) is 0. The summed E-state index contributed by atoms with van der Waals surface area (Å²) in [6.07, 6.45) is 17.1. The predicted molar refractivity (Wildman–Crippen MR) is 88.4 cm³/mol. The molecule has 0 aromatic rings. The first-order valence-corrected chi connectivity index (χ1v) is 8.91. The number of ether oxygens (including phenoxy) is 2. The zero-order valence-electron chi connectivity index (χ0n) is 14.3. The van der Waals surface area contributed by atoms with Gasteiger partial charge < -0.3 is 9.47 Å². The van der Waals surface area contributed by atoms with Crippen molar-refractivity contribution in [1.82, 2.24) is 0 Å². The van der Waals surface area contributed by atoms with Crippen LogP contribution in [0.15, 0.2) is 0 Å². The molecule has 0 aromatic carbocycles. The van der Waals surface area contributed by atoms with Crippen molar-refractivity contribution in [3.63, 3.8) is 0 Å². The topological polar surface area (TPSA) is 18.5 Å². The van der Waals surface area contributed by atoms with E-state index < -0.39 is 0 Å². The summed E-state index contributed by atoms with van der Waals surface area (Å²) < 4.78 is 10.2. The van der Waals surface area contributed by atoms with Crippen LogP contribution in [0.25, 0.3) is 0 Å². The molecule has 1 rings (SSSR count). The van der Waals surface area contributed by atoms with Crippen LogP contribution >= 0.6 is 0 Å². The fourth-order valence-corrected chi connectivity index (χ4v) is 2.47. The van der Waals surface area contributed by atoms with Crippen LogP contribution in [0.3, 0.4) is 0 Å². The Kier molecular flexibility index (Phi) is 16.9. The van der Waals surface area contributed by atoms with E-state index in [0.29, 0.717) is 6.10 Å². The lowest BCUT2D eigenvalue weighted by molar-refractivity contribution is 0.125. The van der Waals surface area contributed by atoms with Crippen LogP contribution in [0.1, 0.15) is 90.9 Å². The van der Waals surface area contributed by atoms with Gasteiger partial charge in [-0.05, 0) is 26.2 Å². The Labute approximate surface area is 127 Å². The Morgan fingerprint density at radius 3 is 1.80 bits per heavy atom. The van der Waals surface area contributed by atoms with Gasteiger partial charge in [-0.2, -0.15) is 0 Å². The summed E-state index contributed by atoms with van der Waals surface area (Å²) in [4.78, 5) is 0. The average molecular weight is 286 g/mol. The highest BCUT2D eigenvalue weighted by molar-refractivity contribution is 4.56. The van der Waals surface area contributed by atoms with Gasteiger partial charge in [0.25, 0.3) is 0 Å². The van der Waals surface area contributed by atoms with Crippen LogP contribution < -0.4 is 0 Å². The van der Waals surface area contributed by atoms with Crippen LogP contribution in [0, 0.1) is 0 Å². The van der Waals surface area contributed by atoms with E-state index in [2.05, 4.69) is 13.8 Å². The molecule has 1 aliphatic rings. The number of methoxy groups -OCH3 is 1. The van der Waals surface area contributed by atoms with Gasteiger partial charge in [-0.25, -0.2) is 0 Å². The first kappa shape index (κ1) is 19.9. The molecule has 1 heterocycles. The molecule has 1 aliphatic heterocycles. The van der Waals surface area contributed by atoms with Crippen LogP contribution in [0.2, 0.25) is 0 Å². The zero-order valence-corrected chi connectivity index (χ0v) is 14.3. The van der Waals surface area contributed by atoms with Crippen molar-refractivity contribution >= 4 is 0 Å². The van der Waals surface area contributed by atoms with E-state index in [1.165, 1.54) is 77.0 Å². The van der Waals surface area contributed by atoms with Crippen molar-refractivity contribution in [1.29, 1.82) is 0 Å². The van der Waals surface area contributed by atoms with Gasteiger partial charge in [0.1, 0.15) is 0 Å². The molecule has 20 heavy (non-hydrogen) atoms. The summed E-state index contributed by atoms with van der Waals surface area (Å²) in [5.41, 5.74) is 0. The molecule has 1 saturated heterocycles. The molecular formula is C18H38O2.